The van der Waals surface area contributed by atoms with Gasteiger partial charge in [-0.2, -0.15) is 0 Å². The summed E-state index contributed by atoms with van der Waals surface area (Å²) >= 11 is 0. The van der Waals surface area contributed by atoms with Crippen molar-refractivity contribution in [2.75, 3.05) is 0 Å². The Labute approximate surface area is 139 Å². The molecule has 1 unspecified atom stereocenters. The van der Waals surface area contributed by atoms with Gasteiger partial charge in [0.05, 0.1) is 0 Å². The minimum absolute atomic E-state index is 0.371. The number of hydrogen-bond donors (Lipinski definition) is 0. The Kier molecular flexibility index (Phi) is 3.95. The Bertz CT molecular complexity index is 888. The fourth-order valence-electron chi connectivity index (χ4n) is 2.76. The highest BCUT2D eigenvalue weighted by atomic mass is 16.6. The van der Waals surface area contributed by atoms with Crippen LogP contribution in [0.2, 0.25) is 0 Å². The van der Waals surface area contributed by atoms with Crippen LogP contribution in [0, 0.1) is 0 Å². The van der Waals surface area contributed by atoms with E-state index >= 15 is 0 Å². The third-order valence-electron chi connectivity index (χ3n) is 4.39. The third-order valence-corrected chi connectivity index (χ3v) is 4.39. The lowest BCUT2D eigenvalue weighted by Gasteiger charge is -2.39. The lowest BCUT2D eigenvalue weighted by molar-refractivity contribution is -0.156. The van der Waals surface area contributed by atoms with Gasteiger partial charge in [0.1, 0.15) is 23.0 Å². The molecule has 1 aromatic carbocycles. The molecule has 24 heavy (non-hydrogen) atoms. The molecule has 3 rings (SSSR count). The first-order valence-corrected chi connectivity index (χ1v) is 7.90. The van der Waals surface area contributed by atoms with E-state index < -0.39 is 17.3 Å². The Hall–Kier alpha value is -2.56. The molecule has 1 aliphatic rings. The molecular formula is C19H20O5. The molecule has 0 N–H and O–H groups in total. The van der Waals surface area contributed by atoms with E-state index in [9.17, 15) is 9.59 Å². The summed E-state index contributed by atoms with van der Waals surface area (Å²) in [5, 5.41) is 0.811. The molecule has 5 heteroatoms. The van der Waals surface area contributed by atoms with E-state index in [1.165, 1.54) is 6.07 Å². The van der Waals surface area contributed by atoms with Crippen LogP contribution in [-0.2, 0) is 16.0 Å². The maximum absolute atomic E-state index is 12.1. The molecule has 0 saturated carbocycles. The van der Waals surface area contributed by atoms with Crippen molar-refractivity contribution in [1.82, 2.24) is 0 Å². The molecule has 0 amide bonds. The number of esters is 1. The molecule has 0 radical (unpaired) electrons. The second-order valence-electron chi connectivity index (χ2n) is 6.49. The second kappa shape index (κ2) is 5.82. The molecule has 0 saturated heterocycles. The summed E-state index contributed by atoms with van der Waals surface area (Å²) in [4.78, 5) is 23.7. The normalized spacial score (nSPS) is 19.5. The van der Waals surface area contributed by atoms with Crippen LogP contribution >= 0.6 is 0 Å². The summed E-state index contributed by atoms with van der Waals surface area (Å²) in [6.07, 6.45) is 1.65. The Morgan fingerprint density at radius 3 is 2.71 bits per heavy atom. The van der Waals surface area contributed by atoms with Crippen LogP contribution < -0.4 is 10.4 Å². The largest absolute Gasteiger partial charge is 0.484 e. The summed E-state index contributed by atoms with van der Waals surface area (Å²) < 4.78 is 17.0. The maximum Gasteiger partial charge on any atom is 0.336 e. The van der Waals surface area contributed by atoms with Gasteiger partial charge in [0.2, 0.25) is 0 Å². The van der Waals surface area contributed by atoms with Crippen LogP contribution in [0.4, 0.5) is 0 Å². The van der Waals surface area contributed by atoms with E-state index in [0.717, 1.165) is 10.9 Å². The van der Waals surface area contributed by atoms with Crippen molar-refractivity contribution in [1.29, 1.82) is 0 Å². The van der Waals surface area contributed by atoms with E-state index in [2.05, 4.69) is 0 Å². The average Bonchev–Trinajstić information content (AvgIpc) is 2.54. The molecule has 2 heterocycles. The molecule has 0 aliphatic carbocycles. The summed E-state index contributed by atoms with van der Waals surface area (Å²) in [5.41, 5.74) is 0.680. The van der Waals surface area contributed by atoms with Gasteiger partial charge in [-0.05, 0) is 45.9 Å². The fourth-order valence-corrected chi connectivity index (χ4v) is 2.76. The first-order valence-electron chi connectivity index (χ1n) is 7.90. The number of allylic oxidation sites excluding steroid dienone is 1. The maximum atomic E-state index is 12.1. The van der Waals surface area contributed by atoms with E-state index in [-0.39, 0.29) is 5.97 Å². The molecule has 1 aromatic heterocycles. The highest BCUT2D eigenvalue weighted by Gasteiger charge is 2.41. The van der Waals surface area contributed by atoms with Gasteiger partial charge < -0.3 is 13.9 Å². The molecule has 1 aliphatic heterocycles. The number of hydrogen-bond acceptors (Lipinski definition) is 5. The summed E-state index contributed by atoms with van der Waals surface area (Å²) in [5.74, 6) is 0.279. The first kappa shape index (κ1) is 16.3. The van der Waals surface area contributed by atoms with Crippen LogP contribution in [0.15, 0.2) is 45.1 Å². The highest BCUT2D eigenvalue weighted by Crippen LogP contribution is 2.38. The predicted octanol–water partition coefficient (Wildman–Crippen LogP) is 3.38. The number of rotatable bonds is 2. The molecule has 0 bridgehead atoms. The van der Waals surface area contributed by atoms with Crippen LogP contribution in [0.25, 0.3) is 11.0 Å². The predicted molar refractivity (Wildman–Crippen MR) is 90.2 cm³/mol. The van der Waals surface area contributed by atoms with E-state index in [1.807, 2.05) is 26.0 Å². The second-order valence-corrected chi connectivity index (χ2v) is 6.49. The number of carbonyl (C=O) groups is 1. The Morgan fingerprint density at radius 2 is 2.00 bits per heavy atom. The minimum atomic E-state index is -0.681. The fraction of sp³-hybridized carbons (Fsp3) is 0.368. The zero-order valence-electron chi connectivity index (χ0n) is 14.2. The van der Waals surface area contributed by atoms with Crippen LogP contribution in [0.3, 0.4) is 0 Å². The zero-order valence-corrected chi connectivity index (χ0v) is 14.2. The van der Waals surface area contributed by atoms with Gasteiger partial charge in [-0.25, -0.2) is 9.59 Å². The summed E-state index contributed by atoms with van der Waals surface area (Å²) in [7, 11) is 0. The molecule has 1 atom stereocenters. The summed E-state index contributed by atoms with van der Waals surface area (Å²) in [6, 6.07) is 6.81. The SMILES string of the molecule is CC=C(C)C(=O)OC1Cc2c(ccc3ccc(=O)oc23)OC1(C)C. The number of ether oxygens (including phenoxy) is 2. The van der Waals surface area contributed by atoms with E-state index in [1.54, 1.807) is 26.0 Å². The smallest absolute Gasteiger partial charge is 0.336 e. The average molecular weight is 328 g/mol. The van der Waals surface area contributed by atoms with Crippen LogP contribution in [-0.4, -0.2) is 17.7 Å². The van der Waals surface area contributed by atoms with Gasteiger partial charge in [-0.1, -0.05) is 6.08 Å². The van der Waals surface area contributed by atoms with Crippen molar-refractivity contribution in [2.45, 2.75) is 45.8 Å². The topological polar surface area (TPSA) is 65.7 Å². The van der Waals surface area contributed by atoms with Gasteiger partial charge >= 0.3 is 11.6 Å². The number of fused-ring (bicyclic) bond motifs is 3. The van der Waals surface area contributed by atoms with Crippen molar-refractivity contribution < 1.29 is 18.7 Å². The minimum Gasteiger partial charge on any atom is -0.484 e. The standard InChI is InChI=1S/C19H20O5/c1-5-11(2)18(21)22-15-10-13-14(24-19(15,3)4)8-6-12-7-9-16(20)23-17(12)13/h5-9,15H,10H2,1-4H3. The first-order chi connectivity index (χ1) is 11.3. The van der Waals surface area contributed by atoms with Crippen molar-refractivity contribution in [3.05, 3.63) is 51.9 Å². The van der Waals surface area contributed by atoms with Crippen molar-refractivity contribution >= 4 is 16.9 Å². The van der Waals surface area contributed by atoms with Crippen LogP contribution in [0.1, 0.15) is 33.3 Å². The Balaban J connectivity index is 2.04. The quantitative estimate of drug-likeness (QED) is 0.480. The highest BCUT2D eigenvalue weighted by molar-refractivity contribution is 5.88. The third kappa shape index (κ3) is 2.82. The van der Waals surface area contributed by atoms with Crippen molar-refractivity contribution in [2.24, 2.45) is 0 Å². The zero-order chi connectivity index (χ0) is 17.5. The monoisotopic (exact) mass is 328 g/mol. The van der Waals surface area contributed by atoms with Gasteiger partial charge in [-0.3, -0.25) is 0 Å². The van der Waals surface area contributed by atoms with Crippen molar-refractivity contribution in [3.8, 4) is 5.75 Å². The van der Waals surface area contributed by atoms with E-state index in [4.69, 9.17) is 13.9 Å². The van der Waals surface area contributed by atoms with Gasteiger partial charge in [0.15, 0.2) is 0 Å². The lowest BCUT2D eigenvalue weighted by atomic mass is 9.90. The van der Waals surface area contributed by atoms with Crippen molar-refractivity contribution in [3.63, 3.8) is 0 Å². The Morgan fingerprint density at radius 1 is 1.29 bits per heavy atom. The van der Waals surface area contributed by atoms with Gasteiger partial charge in [0.25, 0.3) is 0 Å². The van der Waals surface area contributed by atoms with Gasteiger partial charge in [-0.15, -0.1) is 0 Å². The molecular weight excluding hydrogens is 308 g/mol. The van der Waals surface area contributed by atoms with Gasteiger partial charge in [0, 0.05) is 29.0 Å². The molecule has 126 valence electrons. The molecule has 5 nitrogen and oxygen atoms in total. The van der Waals surface area contributed by atoms with E-state index in [0.29, 0.717) is 23.3 Å². The number of benzene rings is 1. The molecule has 0 spiro atoms. The van der Waals surface area contributed by atoms with Crippen LogP contribution in [0.5, 0.6) is 5.75 Å². The summed E-state index contributed by atoms with van der Waals surface area (Å²) in [6.45, 7) is 7.26. The lowest BCUT2D eigenvalue weighted by Crippen LogP contribution is -2.49. The molecule has 2 aromatic rings. The molecule has 0 fully saturated rings. The number of carbonyl (C=O) groups excluding carboxylic acids is 1.